The quantitative estimate of drug-likeness (QED) is 0.713. The number of halogens is 1. The lowest BCUT2D eigenvalue weighted by Gasteiger charge is -2.15. The predicted octanol–water partition coefficient (Wildman–Crippen LogP) is 3.92. The summed E-state index contributed by atoms with van der Waals surface area (Å²) in [6.07, 6.45) is 0.162. The number of pyridine rings is 1. The van der Waals surface area contributed by atoms with Crippen molar-refractivity contribution < 1.29 is 9.47 Å². The van der Waals surface area contributed by atoms with Gasteiger partial charge in [-0.15, -0.1) is 0 Å². The molecule has 6 heteroatoms. The molecule has 1 atom stereocenters. The highest BCUT2D eigenvalue weighted by atomic mass is 35.5. The summed E-state index contributed by atoms with van der Waals surface area (Å²) < 4.78 is 11.0. The van der Waals surface area contributed by atoms with Crippen molar-refractivity contribution in [3.63, 3.8) is 0 Å². The smallest absolute Gasteiger partial charge is 0.121 e. The molecule has 0 bridgehead atoms. The Balaban J connectivity index is 1.74. The van der Waals surface area contributed by atoms with Crippen LogP contribution < -0.4 is 15.4 Å². The molecule has 0 radical (unpaired) electrons. The molecule has 0 spiro atoms. The summed E-state index contributed by atoms with van der Waals surface area (Å²) >= 11 is 6.02. The lowest BCUT2D eigenvalue weighted by molar-refractivity contribution is 0.122. The van der Waals surface area contributed by atoms with Gasteiger partial charge in [0.25, 0.3) is 0 Å². The molecule has 1 aliphatic rings. The standard InChI is InChI=1S/C20H20ClN3O2/c1-25-15-6-7-17-19(23-11-16-10-22-12-26-16)9-18(24-20(17)8-15)13-2-4-14(21)5-3-13/h2-9,16,22H,10-12H2,1H3,(H,23,24). The fourth-order valence-electron chi connectivity index (χ4n) is 3.06. The number of nitrogens with zero attached hydrogens (tertiary/aromatic N) is 1. The van der Waals surface area contributed by atoms with Crippen LogP contribution in [0.3, 0.4) is 0 Å². The number of hydrogen-bond acceptors (Lipinski definition) is 5. The van der Waals surface area contributed by atoms with E-state index in [1.165, 1.54) is 0 Å². The second-order valence-corrected chi connectivity index (χ2v) is 6.65. The molecule has 1 saturated heterocycles. The molecule has 3 aromatic rings. The molecule has 26 heavy (non-hydrogen) atoms. The van der Waals surface area contributed by atoms with Gasteiger partial charge in [0.05, 0.1) is 31.2 Å². The van der Waals surface area contributed by atoms with E-state index in [0.717, 1.165) is 46.7 Å². The molecule has 0 amide bonds. The van der Waals surface area contributed by atoms with E-state index in [1.54, 1.807) is 7.11 Å². The summed E-state index contributed by atoms with van der Waals surface area (Å²) in [6.45, 7) is 2.20. The fraction of sp³-hybridized carbons (Fsp3) is 0.250. The fourth-order valence-corrected chi connectivity index (χ4v) is 3.19. The van der Waals surface area contributed by atoms with Crippen LogP contribution in [0.15, 0.2) is 48.5 Å². The minimum atomic E-state index is 0.162. The molecule has 4 rings (SSSR count). The molecule has 0 aliphatic carbocycles. The van der Waals surface area contributed by atoms with Gasteiger partial charge >= 0.3 is 0 Å². The highest BCUT2D eigenvalue weighted by Crippen LogP contribution is 2.31. The molecule has 2 N–H and O–H groups in total. The van der Waals surface area contributed by atoms with Crippen LogP contribution in [0, 0.1) is 0 Å². The van der Waals surface area contributed by atoms with E-state index in [2.05, 4.69) is 16.7 Å². The number of hydrogen-bond donors (Lipinski definition) is 2. The van der Waals surface area contributed by atoms with Crippen LogP contribution in [0.2, 0.25) is 5.02 Å². The number of nitrogens with one attached hydrogen (secondary N) is 2. The van der Waals surface area contributed by atoms with Crippen molar-refractivity contribution in [3.05, 3.63) is 53.6 Å². The van der Waals surface area contributed by atoms with Crippen LogP contribution in [0.25, 0.3) is 22.2 Å². The highest BCUT2D eigenvalue weighted by Gasteiger charge is 2.16. The van der Waals surface area contributed by atoms with Gasteiger partial charge in [-0.05, 0) is 30.3 Å². The Morgan fingerprint density at radius 1 is 1.23 bits per heavy atom. The van der Waals surface area contributed by atoms with Crippen LogP contribution >= 0.6 is 11.6 Å². The maximum atomic E-state index is 6.02. The van der Waals surface area contributed by atoms with Crippen LogP contribution in [0.4, 0.5) is 5.69 Å². The largest absolute Gasteiger partial charge is 0.497 e. The predicted molar refractivity (Wildman–Crippen MR) is 105 cm³/mol. The van der Waals surface area contributed by atoms with Crippen molar-refractivity contribution in [2.45, 2.75) is 6.10 Å². The molecular formula is C20H20ClN3O2. The van der Waals surface area contributed by atoms with E-state index in [9.17, 15) is 0 Å². The number of ether oxygens (including phenoxy) is 2. The Kier molecular flexibility index (Phi) is 4.93. The maximum absolute atomic E-state index is 6.02. The van der Waals surface area contributed by atoms with Crippen molar-refractivity contribution >= 4 is 28.2 Å². The highest BCUT2D eigenvalue weighted by molar-refractivity contribution is 6.30. The molecule has 1 fully saturated rings. The van der Waals surface area contributed by atoms with Crippen LogP contribution in [-0.2, 0) is 4.74 Å². The van der Waals surface area contributed by atoms with Gasteiger partial charge in [0.2, 0.25) is 0 Å². The van der Waals surface area contributed by atoms with Crippen molar-refractivity contribution in [1.82, 2.24) is 10.3 Å². The SMILES string of the molecule is COc1ccc2c(NCC3CNCO3)cc(-c3ccc(Cl)cc3)nc2c1. The van der Waals surface area contributed by atoms with Crippen molar-refractivity contribution in [2.75, 3.05) is 32.2 Å². The normalized spacial score (nSPS) is 16.8. The van der Waals surface area contributed by atoms with Crippen molar-refractivity contribution in [2.24, 2.45) is 0 Å². The Morgan fingerprint density at radius 3 is 2.81 bits per heavy atom. The second-order valence-electron chi connectivity index (χ2n) is 6.21. The maximum Gasteiger partial charge on any atom is 0.121 e. The number of aromatic nitrogens is 1. The lowest BCUT2D eigenvalue weighted by atomic mass is 10.1. The van der Waals surface area contributed by atoms with Gasteiger partial charge in [-0.3, -0.25) is 5.32 Å². The third-order valence-electron chi connectivity index (χ3n) is 4.47. The molecule has 5 nitrogen and oxygen atoms in total. The number of rotatable bonds is 5. The Labute approximate surface area is 157 Å². The van der Waals surface area contributed by atoms with Crippen molar-refractivity contribution in [1.29, 1.82) is 0 Å². The van der Waals surface area contributed by atoms with Gasteiger partial charge in [0.1, 0.15) is 5.75 Å². The molecule has 0 saturated carbocycles. The van der Waals surface area contributed by atoms with E-state index in [4.69, 9.17) is 26.1 Å². The molecule has 2 heterocycles. The summed E-state index contributed by atoms with van der Waals surface area (Å²) in [5.74, 6) is 0.785. The second kappa shape index (κ2) is 7.50. The molecule has 1 aliphatic heterocycles. The zero-order valence-electron chi connectivity index (χ0n) is 14.5. The van der Waals surface area contributed by atoms with E-state index >= 15 is 0 Å². The van der Waals surface area contributed by atoms with Gasteiger partial charge in [-0.2, -0.15) is 0 Å². The minimum absolute atomic E-state index is 0.162. The Bertz CT molecular complexity index is 909. The minimum Gasteiger partial charge on any atom is -0.497 e. The Hall–Kier alpha value is -2.34. The third kappa shape index (κ3) is 3.60. The lowest BCUT2D eigenvalue weighted by Crippen LogP contribution is -2.23. The van der Waals surface area contributed by atoms with Gasteiger partial charge in [-0.1, -0.05) is 23.7 Å². The van der Waals surface area contributed by atoms with Crippen LogP contribution in [-0.4, -0.2) is 38.0 Å². The third-order valence-corrected chi connectivity index (χ3v) is 4.72. The molecular weight excluding hydrogens is 350 g/mol. The topological polar surface area (TPSA) is 55.4 Å². The molecule has 1 aromatic heterocycles. The first-order chi connectivity index (χ1) is 12.7. The van der Waals surface area contributed by atoms with Gasteiger partial charge in [0.15, 0.2) is 0 Å². The van der Waals surface area contributed by atoms with Crippen molar-refractivity contribution in [3.8, 4) is 17.0 Å². The zero-order valence-corrected chi connectivity index (χ0v) is 15.2. The first-order valence-electron chi connectivity index (χ1n) is 8.54. The first-order valence-corrected chi connectivity index (χ1v) is 8.91. The molecule has 134 valence electrons. The average molecular weight is 370 g/mol. The Morgan fingerprint density at radius 2 is 2.08 bits per heavy atom. The number of methoxy groups -OCH3 is 1. The number of fused-ring (bicyclic) bond motifs is 1. The van der Waals surface area contributed by atoms with E-state index < -0.39 is 0 Å². The van der Waals surface area contributed by atoms with Gasteiger partial charge in [0, 0.05) is 40.8 Å². The van der Waals surface area contributed by atoms with Crippen LogP contribution in [0.5, 0.6) is 5.75 Å². The summed E-state index contributed by atoms with van der Waals surface area (Å²) in [6, 6.07) is 15.7. The summed E-state index contributed by atoms with van der Waals surface area (Å²) in [5.41, 5.74) is 3.80. The average Bonchev–Trinajstić information content (AvgIpc) is 3.19. The first kappa shape index (κ1) is 17.1. The van der Waals surface area contributed by atoms with Gasteiger partial charge < -0.3 is 14.8 Å². The van der Waals surface area contributed by atoms with E-state index in [1.807, 2.05) is 42.5 Å². The van der Waals surface area contributed by atoms with Gasteiger partial charge in [-0.25, -0.2) is 4.98 Å². The summed E-state index contributed by atoms with van der Waals surface area (Å²) in [7, 11) is 1.66. The molecule has 1 unspecified atom stereocenters. The monoisotopic (exact) mass is 369 g/mol. The van der Waals surface area contributed by atoms with E-state index in [0.29, 0.717) is 11.8 Å². The zero-order chi connectivity index (χ0) is 17.9. The molecule has 2 aromatic carbocycles. The van der Waals surface area contributed by atoms with Crippen LogP contribution in [0.1, 0.15) is 0 Å². The number of anilines is 1. The summed E-state index contributed by atoms with van der Waals surface area (Å²) in [5, 5.41) is 8.48. The number of benzene rings is 2. The summed E-state index contributed by atoms with van der Waals surface area (Å²) in [4.78, 5) is 4.82. The van der Waals surface area contributed by atoms with E-state index in [-0.39, 0.29) is 6.10 Å².